The van der Waals surface area contributed by atoms with Gasteiger partial charge < -0.3 is 0 Å². The van der Waals surface area contributed by atoms with Crippen LogP contribution in [0.4, 0.5) is 0 Å². The van der Waals surface area contributed by atoms with Gasteiger partial charge in [0.2, 0.25) is 5.78 Å². The van der Waals surface area contributed by atoms with Crippen molar-refractivity contribution in [2.75, 3.05) is 0 Å². The third-order valence-corrected chi connectivity index (χ3v) is 3.38. The van der Waals surface area contributed by atoms with E-state index < -0.39 is 0 Å². The van der Waals surface area contributed by atoms with Gasteiger partial charge in [-0.3, -0.25) is 19.4 Å². The number of aryl methyl sites for hydroxylation is 1. The highest BCUT2D eigenvalue weighted by atomic mass is 16.1. The molecule has 0 spiro atoms. The zero-order valence-electron chi connectivity index (χ0n) is 11.5. The molecular formula is C17H14N2O2. The highest BCUT2D eigenvalue weighted by Gasteiger charge is 2.22. The molecule has 0 saturated heterocycles. The van der Waals surface area contributed by atoms with Crippen molar-refractivity contribution in [3.8, 4) is 11.3 Å². The molecule has 3 rings (SSSR count). The number of aromatic amines is 1. The minimum absolute atomic E-state index is 0.176. The first-order chi connectivity index (χ1) is 10.2. The van der Waals surface area contributed by atoms with Crippen molar-refractivity contribution in [1.29, 1.82) is 0 Å². The van der Waals surface area contributed by atoms with Gasteiger partial charge in [-0.2, -0.15) is 0 Å². The van der Waals surface area contributed by atoms with Crippen molar-refractivity contribution in [2.24, 2.45) is 7.05 Å². The topological polar surface area (TPSA) is 54.9 Å². The molecule has 0 saturated carbocycles. The summed E-state index contributed by atoms with van der Waals surface area (Å²) in [7, 11) is 1.73. The number of rotatable bonds is 3. The van der Waals surface area contributed by atoms with Crippen LogP contribution in [0.5, 0.6) is 0 Å². The number of hydrogen-bond donors (Lipinski definition) is 1. The summed E-state index contributed by atoms with van der Waals surface area (Å²) in [5, 5.41) is 2.67. The van der Waals surface area contributed by atoms with E-state index in [4.69, 9.17) is 0 Å². The second-order valence-corrected chi connectivity index (χ2v) is 4.78. The monoisotopic (exact) mass is 278 g/mol. The summed E-state index contributed by atoms with van der Waals surface area (Å²) in [5.41, 5.74) is 1.75. The summed E-state index contributed by atoms with van der Waals surface area (Å²) < 4.78 is 1.59. The molecule has 0 radical (unpaired) electrons. The van der Waals surface area contributed by atoms with Crippen LogP contribution in [0.3, 0.4) is 0 Å². The van der Waals surface area contributed by atoms with E-state index in [2.05, 4.69) is 5.10 Å². The second-order valence-electron chi connectivity index (χ2n) is 4.78. The van der Waals surface area contributed by atoms with Crippen molar-refractivity contribution >= 4 is 5.78 Å². The molecule has 0 atom stereocenters. The summed E-state index contributed by atoms with van der Waals surface area (Å²) in [5.74, 6) is -0.267. The molecule has 21 heavy (non-hydrogen) atoms. The summed E-state index contributed by atoms with van der Waals surface area (Å²) in [6.07, 6.45) is 0. The number of H-pyrrole nitrogens is 1. The minimum Gasteiger partial charge on any atom is -0.288 e. The Morgan fingerprint density at radius 2 is 1.52 bits per heavy atom. The molecule has 0 unspecified atom stereocenters. The first-order valence-electron chi connectivity index (χ1n) is 6.62. The fourth-order valence-corrected chi connectivity index (χ4v) is 2.42. The lowest BCUT2D eigenvalue weighted by Crippen LogP contribution is -2.14. The van der Waals surface area contributed by atoms with Crippen molar-refractivity contribution < 1.29 is 4.79 Å². The Hall–Kier alpha value is -2.88. The molecule has 0 fully saturated rings. The highest BCUT2D eigenvalue weighted by molar-refractivity contribution is 6.12. The van der Waals surface area contributed by atoms with Crippen LogP contribution in [0.15, 0.2) is 65.5 Å². The maximum Gasteiger partial charge on any atom is 0.275 e. The molecule has 1 N–H and O–H groups in total. The third kappa shape index (κ3) is 2.31. The van der Waals surface area contributed by atoms with Crippen LogP contribution in [0.25, 0.3) is 11.3 Å². The molecule has 0 aliphatic rings. The number of carbonyl (C=O) groups is 1. The highest BCUT2D eigenvalue weighted by Crippen LogP contribution is 2.22. The van der Waals surface area contributed by atoms with Gasteiger partial charge in [-0.05, 0) is 0 Å². The van der Waals surface area contributed by atoms with E-state index in [1.54, 1.807) is 36.0 Å². The molecule has 0 bridgehead atoms. The first-order valence-corrected chi connectivity index (χ1v) is 6.62. The van der Waals surface area contributed by atoms with Gasteiger partial charge in [0, 0.05) is 18.2 Å². The van der Waals surface area contributed by atoms with Crippen molar-refractivity contribution in [2.45, 2.75) is 0 Å². The van der Waals surface area contributed by atoms with Crippen LogP contribution < -0.4 is 5.56 Å². The summed E-state index contributed by atoms with van der Waals surface area (Å²) in [4.78, 5) is 24.8. The summed E-state index contributed by atoms with van der Waals surface area (Å²) >= 11 is 0. The number of benzene rings is 2. The van der Waals surface area contributed by atoms with E-state index in [9.17, 15) is 9.59 Å². The number of nitrogens with one attached hydrogen (secondary N) is 1. The van der Waals surface area contributed by atoms with Crippen molar-refractivity contribution in [3.63, 3.8) is 0 Å². The minimum atomic E-state index is -0.370. The van der Waals surface area contributed by atoms with E-state index in [1.807, 2.05) is 36.4 Å². The van der Waals surface area contributed by atoms with Gasteiger partial charge in [0.15, 0.2) is 0 Å². The zero-order valence-corrected chi connectivity index (χ0v) is 11.5. The molecule has 0 aliphatic carbocycles. The lowest BCUT2D eigenvalue weighted by molar-refractivity contribution is 0.103. The zero-order chi connectivity index (χ0) is 14.8. The van der Waals surface area contributed by atoms with Gasteiger partial charge in [-0.25, -0.2) is 0 Å². The Labute approximate surface area is 121 Å². The number of hydrogen-bond acceptors (Lipinski definition) is 2. The average molecular weight is 278 g/mol. The van der Waals surface area contributed by atoms with Crippen LogP contribution >= 0.6 is 0 Å². The lowest BCUT2D eigenvalue weighted by atomic mass is 10.00. The van der Waals surface area contributed by atoms with E-state index in [0.717, 1.165) is 5.56 Å². The Kier molecular flexibility index (Phi) is 3.28. The maximum atomic E-state index is 12.6. The van der Waals surface area contributed by atoms with Gasteiger partial charge in [-0.15, -0.1) is 0 Å². The van der Waals surface area contributed by atoms with Crippen molar-refractivity contribution in [3.05, 3.63) is 82.1 Å². The van der Waals surface area contributed by atoms with Gasteiger partial charge in [-0.1, -0.05) is 60.7 Å². The average Bonchev–Trinajstić information content (AvgIpc) is 2.82. The van der Waals surface area contributed by atoms with E-state index in [0.29, 0.717) is 11.3 Å². The Morgan fingerprint density at radius 1 is 0.952 bits per heavy atom. The predicted molar refractivity (Wildman–Crippen MR) is 81.3 cm³/mol. The Morgan fingerprint density at radius 3 is 2.14 bits per heavy atom. The Balaban J connectivity index is 2.20. The Bertz CT molecular complexity index is 830. The van der Waals surface area contributed by atoms with Gasteiger partial charge in [0.25, 0.3) is 5.56 Å². The molecule has 4 heteroatoms. The number of aromatic nitrogens is 2. The molecule has 1 heterocycles. The van der Waals surface area contributed by atoms with Crippen LogP contribution in [0.1, 0.15) is 15.9 Å². The number of ketones is 1. The summed E-state index contributed by atoms with van der Waals surface area (Å²) in [6, 6.07) is 18.2. The fourth-order valence-electron chi connectivity index (χ4n) is 2.42. The predicted octanol–water partition coefficient (Wildman–Crippen LogP) is 2.61. The van der Waals surface area contributed by atoms with E-state index in [1.165, 1.54) is 0 Å². The normalized spacial score (nSPS) is 10.5. The number of nitrogens with zero attached hydrogens (tertiary/aromatic N) is 1. The van der Waals surface area contributed by atoms with Crippen LogP contribution in [-0.2, 0) is 7.05 Å². The largest absolute Gasteiger partial charge is 0.288 e. The fraction of sp³-hybridized carbons (Fsp3) is 0.0588. The van der Waals surface area contributed by atoms with Crippen LogP contribution in [0, 0.1) is 0 Å². The molecule has 104 valence electrons. The standard InChI is InChI=1S/C17H14N2O2/c1-19-15(12-8-4-2-5-9-12)14(17(21)18-19)16(20)13-10-6-3-7-11-13/h2-11H,1H3,(H,18,21). The number of carbonyl (C=O) groups excluding carboxylic acids is 1. The molecule has 0 amide bonds. The SMILES string of the molecule is Cn1[nH]c(=O)c(C(=O)c2ccccc2)c1-c1ccccc1. The van der Waals surface area contributed by atoms with Crippen LogP contribution in [-0.4, -0.2) is 15.6 Å². The van der Waals surface area contributed by atoms with E-state index in [-0.39, 0.29) is 16.9 Å². The molecule has 0 aliphatic heterocycles. The van der Waals surface area contributed by atoms with E-state index >= 15 is 0 Å². The van der Waals surface area contributed by atoms with Gasteiger partial charge in [0.1, 0.15) is 5.56 Å². The van der Waals surface area contributed by atoms with Crippen molar-refractivity contribution in [1.82, 2.24) is 9.78 Å². The molecule has 1 aromatic heterocycles. The van der Waals surface area contributed by atoms with Gasteiger partial charge >= 0.3 is 0 Å². The molecular weight excluding hydrogens is 264 g/mol. The third-order valence-electron chi connectivity index (χ3n) is 3.38. The van der Waals surface area contributed by atoms with Gasteiger partial charge in [0.05, 0.1) is 5.69 Å². The quantitative estimate of drug-likeness (QED) is 0.749. The molecule has 3 aromatic rings. The maximum absolute atomic E-state index is 12.6. The summed E-state index contributed by atoms with van der Waals surface area (Å²) in [6.45, 7) is 0. The lowest BCUT2D eigenvalue weighted by Gasteiger charge is -2.05. The molecule has 4 nitrogen and oxygen atoms in total. The first kappa shape index (κ1) is 13.1. The second kappa shape index (κ2) is 5.25. The smallest absolute Gasteiger partial charge is 0.275 e. The van der Waals surface area contributed by atoms with Crippen LogP contribution in [0.2, 0.25) is 0 Å². The molecule has 2 aromatic carbocycles.